The molecule has 4 rings (SSSR count). The molecule has 3 heterocycles. The van der Waals surface area contributed by atoms with Crippen molar-refractivity contribution >= 4 is 11.3 Å². The number of rotatable bonds is 6. The molecule has 0 aliphatic heterocycles. The smallest absolute Gasteiger partial charge is 0.236 e. The Morgan fingerprint density at radius 3 is 2.77 bits per heavy atom. The molecule has 0 saturated heterocycles. The first kappa shape index (κ1) is 13.7. The SMILES string of the molecule is c1ccc(CN(Cc2coc(-c3cccs3)n2)C2CC2)nc1. The van der Waals surface area contributed by atoms with E-state index in [1.54, 1.807) is 17.6 Å². The van der Waals surface area contributed by atoms with Gasteiger partial charge in [0.25, 0.3) is 0 Å². The summed E-state index contributed by atoms with van der Waals surface area (Å²) in [5.41, 5.74) is 2.10. The molecule has 112 valence electrons. The maximum absolute atomic E-state index is 5.62. The van der Waals surface area contributed by atoms with Crippen molar-refractivity contribution < 1.29 is 4.42 Å². The Morgan fingerprint density at radius 1 is 1.14 bits per heavy atom. The average molecular weight is 311 g/mol. The number of pyridine rings is 1. The zero-order valence-corrected chi connectivity index (χ0v) is 13.0. The number of aromatic nitrogens is 2. The van der Waals surface area contributed by atoms with Crippen LogP contribution in [0, 0.1) is 0 Å². The van der Waals surface area contributed by atoms with Gasteiger partial charge in [0.2, 0.25) is 5.89 Å². The van der Waals surface area contributed by atoms with E-state index in [1.807, 2.05) is 35.8 Å². The third-order valence-electron chi connectivity index (χ3n) is 3.80. The van der Waals surface area contributed by atoms with Gasteiger partial charge < -0.3 is 4.42 Å². The quantitative estimate of drug-likeness (QED) is 0.691. The van der Waals surface area contributed by atoms with Gasteiger partial charge in [0.05, 0.1) is 16.3 Å². The lowest BCUT2D eigenvalue weighted by molar-refractivity contribution is 0.239. The van der Waals surface area contributed by atoms with E-state index in [4.69, 9.17) is 4.42 Å². The molecule has 0 spiro atoms. The number of hydrogen-bond donors (Lipinski definition) is 0. The summed E-state index contributed by atoms with van der Waals surface area (Å²) in [6.07, 6.45) is 6.17. The van der Waals surface area contributed by atoms with Crippen LogP contribution in [-0.4, -0.2) is 20.9 Å². The van der Waals surface area contributed by atoms with Crippen molar-refractivity contribution in [3.63, 3.8) is 0 Å². The molecular weight excluding hydrogens is 294 g/mol. The molecule has 0 radical (unpaired) electrons. The van der Waals surface area contributed by atoms with E-state index in [0.717, 1.165) is 35.2 Å². The first-order valence-electron chi connectivity index (χ1n) is 7.51. The minimum atomic E-state index is 0.656. The van der Waals surface area contributed by atoms with Gasteiger partial charge in [0.15, 0.2) is 0 Å². The van der Waals surface area contributed by atoms with Crippen molar-refractivity contribution in [1.29, 1.82) is 0 Å². The Bertz CT molecular complexity index is 719. The summed E-state index contributed by atoms with van der Waals surface area (Å²) >= 11 is 1.65. The summed E-state index contributed by atoms with van der Waals surface area (Å²) in [6.45, 7) is 1.68. The molecule has 0 aromatic carbocycles. The molecule has 1 fully saturated rings. The number of oxazole rings is 1. The van der Waals surface area contributed by atoms with Crippen LogP contribution >= 0.6 is 11.3 Å². The van der Waals surface area contributed by atoms with Gasteiger partial charge in [-0.1, -0.05) is 12.1 Å². The highest BCUT2D eigenvalue weighted by atomic mass is 32.1. The fourth-order valence-electron chi connectivity index (χ4n) is 2.55. The predicted molar refractivity (Wildman–Crippen MR) is 86.3 cm³/mol. The highest BCUT2D eigenvalue weighted by Gasteiger charge is 2.29. The number of thiophene rings is 1. The summed E-state index contributed by atoms with van der Waals surface area (Å²) in [5, 5.41) is 2.04. The lowest BCUT2D eigenvalue weighted by atomic mass is 10.3. The van der Waals surface area contributed by atoms with Crippen LogP contribution in [0.3, 0.4) is 0 Å². The summed E-state index contributed by atoms with van der Waals surface area (Å²) < 4.78 is 5.62. The minimum absolute atomic E-state index is 0.656. The lowest BCUT2D eigenvalue weighted by Crippen LogP contribution is -2.25. The normalized spacial score (nSPS) is 14.6. The van der Waals surface area contributed by atoms with Gasteiger partial charge in [-0.3, -0.25) is 9.88 Å². The minimum Gasteiger partial charge on any atom is -0.444 e. The topological polar surface area (TPSA) is 42.2 Å². The van der Waals surface area contributed by atoms with Crippen molar-refractivity contribution in [2.75, 3.05) is 0 Å². The summed E-state index contributed by atoms with van der Waals surface area (Å²) in [6, 6.07) is 10.8. The molecule has 22 heavy (non-hydrogen) atoms. The molecule has 0 bridgehead atoms. The highest BCUT2D eigenvalue weighted by Crippen LogP contribution is 2.30. The monoisotopic (exact) mass is 311 g/mol. The molecule has 5 heteroatoms. The van der Waals surface area contributed by atoms with E-state index in [2.05, 4.69) is 20.9 Å². The zero-order valence-electron chi connectivity index (χ0n) is 12.2. The molecule has 1 aliphatic rings. The third-order valence-corrected chi connectivity index (χ3v) is 4.66. The van der Waals surface area contributed by atoms with Crippen molar-refractivity contribution in [2.24, 2.45) is 0 Å². The maximum atomic E-state index is 5.62. The van der Waals surface area contributed by atoms with Gasteiger partial charge in [-0.2, -0.15) is 0 Å². The van der Waals surface area contributed by atoms with Crippen LogP contribution in [-0.2, 0) is 13.1 Å². The molecular formula is C17H17N3OS. The van der Waals surface area contributed by atoms with Gasteiger partial charge in [0.1, 0.15) is 6.26 Å². The van der Waals surface area contributed by atoms with Crippen molar-refractivity contribution in [2.45, 2.75) is 32.0 Å². The second-order valence-electron chi connectivity index (χ2n) is 5.58. The molecule has 0 unspecified atom stereocenters. The molecule has 1 saturated carbocycles. The summed E-state index contributed by atoms with van der Waals surface area (Å²) in [7, 11) is 0. The van der Waals surface area contributed by atoms with Crippen LogP contribution in [0.2, 0.25) is 0 Å². The van der Waals surface area contributed by atoms with Crippen LogP contribution < -0.4 is 0 Å². The molecule has 1 aliphatic carbocycles. The van der Waals surface area contributed by atoms with Crippen molar-refractivity contribution in [3.8, 4) is 10.8 Å². The number of nitrogens with zero attached hydrogens (tertiary/aromatic N) is 3. The van der Waals surface area contributed by atoms with Crippen LogP contribution in [0.1, 0.15) is 24.2 Å². The van der Waals surface area contributed by atoms with Crippen LogP contribution in [0.15, 0.2) is 52.6 Å². The molecule has 4 nitrogen and oxygen atoms in total. The Balaban J connectivity index is 1.48. The second kappa shape index (κ2) is 6.02. The lowest BCUT2D eigenvalue weighted by Gasteiger charge is -2.20. The summed E-state index contributed by atoms with van der Waals surface area (Å²) in [4.78, 5) is 12.6. The van der Waals surface area contributed by atoms with E-state index in [0.29, 0.717) is 6.04 Å². The van der Waals surface area contributed by atoms with Crippen LogP contribution in [0.25, 0.3) is 10.8 Å². The largest absolute Gasteiger partial charge is 0.444 e. The third kappa shape index (κ3) is 3.10. The van der Waals surface area contributed by atoms with E-state index in [1.165, 1.54) is 12.8 Å². The highest BCUT2D eigenvalue weighted by molar-refractivity contribution is 7.13. The molecule has 0 atom stereocenters. The van der Waals surface area contributed by atoms with Crippen LogP contribution in [0.5, 0.6) is 0 Å². The first-order chi connectivity index (χ1) is 10.9. The van der Waals surface area contributed by atoms with Gasteiger partial charge in [-0.15, -0.1) is 11.3 Å². The van der Waals surface area contributed by atoms with Gasteiger partial charge in [-0.05, 0) is 36.4 Å². The molecule has 3 aromatic heterocycles. The second-order valence-corrected chi connectivity index (χ2v) is 6.53. The van der Waals surface area contributed by atoms with Crippen LogP contribution in [0.4, 0.5) is 0 Å². The number of hydrogen-bond acceptors (Lipinski definition) is 5. The van der Waals surface area contributed by atoms with Gasteiger partial charge in [-0.25, -0.2) is 4.98 Å². The molecule has 0 amide bonds. The van der Waals surface area contributed by atoms with E-state index in [9.17, 15) is 0 Å². The van der Waals surface area contributed by atoms with Gasteiger partial charge >= 0.3 is 0 Å². The Labute approximate surface area is 133 Å². The fourth-order valence-corrected chi connectivity index (χ4v) is 3.21. The summed E-state index contributed by atoms with van der Waals surface area (Å²) in [5.74, 6) is 0.721. The molecule has 3 aromatic rings. The fraction of sp³-hybridized carbons (Fsp3) is 0.294. The predicted octanol–water partition coefficient (Wildman–Crippen LogP) is 3.96. The maximum Gasteiger partial charge on any atom is 0.236 e. The van der Waals surface area contributed by atoms with Crippen molar-refractivity contribution in [1.82, 2.24) is 14.9 Å². The Morgan fingerprint density at radius 2 is 2.05 bits per heavy atom. The Kier molecular flexibility index (Phi) is 3.74. The Hall–Kier alpha value is -1.98. The zero-order chi connectivity index (χ0) is 14.8. The standard InChI is InChI=1S/C17H17N3OS/c1-2-8-18-13(4-1)10-20(15-6-7-15)11-14-12-21-17(19-14)16-5-3-9-22-16/h1-5,8-9,12,15H,6-7,10-11H2. The first-order valence-corrected chi connectivity index (χ1v) is 8.39. The van der Waals surface area contributed by atoms with E-state index in [-0.39, 0.29) is 0 Å². The molecule has 0 N–H and O–H groups in total. The van der Waals surface area contributed by atoms with E-state index < -0.39 is 0 Å². The van der Waals surface area contributed by atoms with Crippen molar-refractivity contribution in [3.05, 3.63) is 59.6 Å². The average Bonchev–Trinajstić information content (AvgIpc) is 3.06. The van der Waals surface area contributed by atoms with Gasteiger partial charge in [0, 0.05) is 25.3 Å². The van der Waals surface area contributed by atoms with E-state index >= 15 is 0 Å².